The van der Waals surface area contributed by atoms with E-state index in [0.29, 0.717) is 0 Å². The molecular formula is C17H19IN2. The molecule has 2 aromatic carbocycles. The van der Waals surface area contributed by atoms with Gasteiger partial charge in [-0.3, -0.25) is 5.84 Å². The fraction of sp³-hybridized carbons (Fsp3) is 0.294. The summed E-state index contributed by atoms with van der Waals surface area (Å²) in [5, 5.41) is 0. The van der Waals surface area contributed by atoms with Gasteiger partial charge in [-0.1, -0.05) is 48.9 Å². The molecule has 1 fully saturated rings. The Morgan fingerprint density at radius 3 is 2.55 bits per heavy atom. The highest BCUT2D eigenvalue weighted by atomic mass is 127. The predicted molar refractivity (Wildman–Crippen MR) is 91.4 cm³/mol. The monoisotopic (exact) mass is 378 g/mol. The Balaban J connectivity index is 1.95. The smallest absolute Gasteiger partial charge is 0.0720 e. The van der Waals surface area contributed by atoms with Crippen LogP contribution in [0.4, 0.5) is 0 Å². The van der Waals surface area contributed by atoms with E-state index in [0.717, 1.165) is 5.92 Å². The number of nitrogens with two attached hydrogens (primary N) is 1. The van der Waals surface area contributed by atoms with Gasteiger partial charge in [-0.15, -0.1) is 0 Å². The van der Waals surface area contributed by atoms with Crippen LogP contribution in [0.15, 0.2) is 48.5 Å². The molecule has 0 aromatic heterocycles. The molecule has 1 aliphatic rings. The van der Waals surface area contributed by atoms with Crippen LogP contribution >= 0.6 is 22.6 Å². The lowest BCUT2D eigenvalue weighted by Crippen LogP contribution is -2.29. The van der Waals surface area contributed by atoms with Crippen molar-refractivity contribution in [3.05, 3.63) is 68.8 Å². The lowest BCUT2D eigenvalue weighted by atomic mass is 9.79. The van der Waals surface area contributed by atoms with E-state index in [9.17, 15) is 0 Å². The summed E-state index contributed by atoms with van der Waals surface area (Å²) >= 11 is 2.37. The number of hydrogen-bond acceptors (Lipinski definition) is 2. The highest BCUT2D eigenvalue weighted by molar-refractivity contribution is 14.1. The Hall–Kier alpha value is -0.910. The maximum Gasteiger partial charge on any atom is 0.0720 e. The van der Waals surface area contributed by atoms with E-state index >= 15 is 0 Å². The van der Waals surface area contributed by atoms with Gasteiger partial charge >= 0.3 is 0 Å². The van der Waals surface area contributed by atoms with Gasteiger partial charge in [0.25, 0.3) is 0 Å². The molecule has 104 valence electrons. The van der Waals surface area contributed by atoms with E-state index in [-0.39, 0.29) is 6.04 Å². The van der Waals surface area contributed by atoms with Crippen molar-refractivity contribution in [3.8, 4) is 0 Å². The average molecular weight is 378 g/mol. The van der Waals surface area contributed by atoms with Crippen molar-refractivity contribution in [3.63, 3.8) is 0 Å². The van der Waals surface area contributed by atoms with Crippen molar-refractivity contribution in [2.24, 2.45) is 5.84 Å². The Morgan fingerprint density at radius 1 is 1.10 bits per heavy atom. The molecule has 0 amide bonds. The molecule has 3 heteroatoms. The first kappa shape index (κ1) is 14.0. The number of hydrazine groups is 1. The van der Waals surface area contributed by atoms with Crippen LogP contribution in [0.25, 0.3) is 0 Å². The molecule has 3 rings (SSSR count). The van der Waals surface area contributed by atoms with Crippen molar-refractivity contribution < 1.29 is 0 Å². The lowest BCUT2D eigenvalue weighted by molar-refractivity contribution is 0.419. The second kappa shape index (κ2) is 6.24. The fourth-order valence-electron chi connectivity index (χ4n) is 2.81. The summed E-state index contributed by atoms with van der Waals surface area (Å²) in [5.74, 6) is 6.58. The van der Waals surface area contributed by atoms with Crippen molar-refractivity contribution in [1.82, 2.24) is 5.43 Å². The van der Waals surface area contributed by atoms with Crippen molar-refractivity contribution in [2.75, 3.05) is 0 Å². The van der Waals surface area contributed by atoms with Gasteiger partial charge in [0, 0.05) is 3.57 Å². The molecule has 1 unspecified atom stereocenters. The van der Waals surface area contributed by atoms with E-state index in [4.69, 9.17) is 5.84 Å². The lowest BCUT2D eigenvalue weighted by Gasteiger charge is -2.27. The molecule has 0 spiro atoms. The number of benzene rings is 2. The predicted octanol–water partition coefficient (Wildman–Crippen LogP) is 4.11. The molecule has 0 bridgehead atoms. The molecule has 1 saturated carbocycles. The van der Waals surface area contributed by atoms with Crippen LogP contribution in [0, 0.1) is 3.57 Å². The Morgan fingerprint density at radius 2 is 1.90 bits per heavy atom. The van der Waals surface area contributed by atoms with Crippen LogP contribution in [-0.4, -0.2) is 0 Å². The van der Waals surface area contributed by atoms with Gasteiger partial charge < -0.3 is 0 Å². The molecular weight excluding hydrogens is 359 g/mol. The van der Waals surface area contributed by atoms with Crippen molar-refractivity contribution in [2.45, 2.75) is 31.2 Å². The summed E-state index contributed by atoms with van der Waals surface area (Å²) in [7, 11) is 0. The minimum Gasteiger partial charge on any atom is -0.271 e. The third-order valence-corrected chi connectivity index (χ3v) is 5.19. The van der Waals surface area contributed by atoms with E-state index < -0.39 is 0 Å². The summed E-state index contributed by atoms with van der Waals surface area (Å²) < 4.78 is 1.24. The zero-order chi connectivity index (χ0) is 13.9. The number of hydrogen-bond donors (Lipinski definition) is 2. The standard InChI is InChI=1S/C17H19IN2/c18-16-10-2-1-9-15(16)17(20-19)14-8-4-7-13(11-14)12-5-3-6-12/h1-2,4,7-12,17,20H,3,5-6,19H2. The third-order valence-electron chi connectivity index (χ3n) is 4.20. The Bertz CT molecular complexity index is 593. The van der Waals surface area contributed by atoms with Crippen LogP contribution in [0.5, 0.6) is 0 Å². The summed E-state index contributed by atoms with van der Waals surface area (Å²) in [6.45, 7) is 0. The highest BCUT2D eigenvalue weighted by Crippen LogP contribution is 2.37. The van der Waals surface area contributed by atoms with Gasteiger partial charge in [-0.05, 0) is 64.1 Å². The van der Waals surface area contributed by atoms with E-state index in [1.807, 2.05) is 0 Å². The molecule has 2 nitrogen and oxygen atoms in total. The quantitative estimate of drug-likeness (QED) is 0.477. The maximum atomic E-state index is 5.83. The van der Waals surface area contributed by atoms with Crippen LogP contribution < -0.4 is 11.3 Å². The van der Waals surface area contributed by atoms with Crippen molar-refractivity contribution >= 4 is 22.6 Å². The van der Waals surface area contributed by atoms with E-state index in [1.165, 1.54) is 39.5 Å². The van der Waals surface area contributed by atoms with E-state index in [1.54, 1.807) is 0 Å². The highest BCUT2D eigenvalue weighted by Gasteiger charge is 2.21. The molecule has 2 aromatic rings. The van der Waals surface area contributed by atoms with Crippen LogP contribution in [0.2, 0.25) is 0 Å². The molecule has 1 atom stereocenters. The molecule has 0 aliphatic heterocycles. The SMILES string of the molecule is NNC(c1cccc(C2CCC2)c1)c1ccccc1I. The minimum absolute atomic E-state index is 0.0585. The third kappa shape index (κ3) is 2.75. The van der Waals surface area contributed by atoms with Crippen molar-refractivity contribution in [1.29, 1.82) is 0 Å². The Labute approximate surface area is 133 Å². The fourth-order valence-corrected chi connectivity index (χ4v) is 3.51. The molecule has 0 heterocycles. The second-order valence-corrected chi connectivity index (χ2v) is 6.58. The number of nitrogens with one attached hydrogen (secondary N) is 1. The zero-order valence-corrected chi connectivity index (χ0v) is 13.5. The first-order chi connectivity index (χ1) is 9.79. The largest absolute Gasteiger partial charge is 0.271 e. The molecule has 3 N–H and O–H groups in total. The summed E-state index contributed by atoms with van der Waals surface area (Å²) in [6, 6.07) is 17.3. The normalized spacial score (nSPS) is 16.7. The van der Waals surface area contributed by atoms with Gasteiger partial charge in [-0.25, -0.2) is 5.43 Å². The van der Waals surface area contributed by atoms with Gasteiger partial charge in [0.05, 0.1) is 6.04 Å². The van der Waals surface area contributed by atoms with Gasteiger partial charge in [0.2, 0.25) is 0 Å². The number of rotatable bonds is 4. The number of halogens is 1. The van der Waals surface area contributed by atoms with Crippen LogP contribution in [0.1, 0.15) is 47.9 Å². The second-order valence-electron chi connectivity index (χ2n) is 5.42. The van der Waals surface area contributed by atoms with Gasteiger partial charge in [-0.2, -0.15) is 0 Å². The first-order valence-electron chi connectivity index (χ1n) is 7.10. The van der Waals surface area contributed by atoms with Crippen LogP contribution in [0.3, 0.4) is 0 Å². The molecule has 0 radical (unpaired) electrons. The molecule has 0 saturated heterocycles. The topological polar surface area (TPSA) is 38.0 Å². The summed E-state index contributed by atoms with van der Waals surface area (Å²) in [4.78, 5) is 0. The summed E-state index contributed by atoms with van der Waals surface area (Å²) in [6.07, 6.45) is 4.02. The molecule has 1 aliphatic carbocycles. The molecule has 20 heavy (non-hydrogen) atoms. The first-order valence-corrected chi connectivity index (χ1v) is 8.18. The summed E-state index contributed by atoms with van der Waals surface area (Å²) in [5.41, 5.74) is 6.92. The Kier molecular flexibility index (Phi) is 4.38. The van der Waals surface area contributed by atoms with E-state index in [2.05, 4.69) is 76.5 Å². The van der Waals surface area contributed by atoms with Gasteiger partial charge in [0.1, 0.15) is 0 Å². The zero-order valence-electron chi connectivity index (χ0n) is 11.4. The van der Waals surface area contributed by atoms with Crippen LogP contribution in [-0.2, 0) is 0 Å². The average Bonchev–Trinajstić information content (AvgIpc) is 2.40. The van der Waals surface area contributed by atoms with Gasteiger partial charge in [0.15, 0.2) is 0 Å². The maximum absolute atomic E-state index is 5.83. The minimum atomic E-state index is 0.0585.